The summed E-state index contributed by atoms with van der Waals surface area (Å²) in [6.45, 7) is 22.9. The van der Waals surface area contributed by atoms with Crippen LogP contribution in [0.3, 0.4) is 0 Å². The van der Waals surface area contributed by atoms with E-state index in [1.54, 1.807) is 0 Å². The molecule has 0 aromatic heterocycles. The predicted octanol–water partition coefficient (Wildman–Crippen LogP) is 4.69. The molecule has 0 aromatic carbocycles. The van der Waals surface area contributed by atoms with Crippen molar-refractivity contribution in [2.24, 2.45) is 0 Å². The maximum atomic E-state index is 2.33. The Balaban J connectivity index is -0.0000000522. The van der Waals surface area contributed by atoms with Gasteiger partial charge in [-0.05, 0) is 0 Å². The van der Waals surface area contributed by atoms with Crippen LogP contribution in [0.2, 0.25) is 65.5 Å². The van der Waals surface area contributed by atoms with Crippen molar-refractivity contribution in [3.8, 4) is 0 Å². The SMILES string of the molecule is C[Si](C)(C)C.C[Si](C)C.C[Si](C)C.[Y]. The summed E-state index contributed by atoms with van der Waals surface area (Å²) in [5.41, 5.74) is 0. The fraction of sp³-hybridized carbons (Fsp3) is 1.00. The van der Waals surface area contributed by atoms with Crippen LogP contribution < -0.4 is 0 Å². The molecule has 0 spiro atoms. The first-order valence-electron chi connectivity index (χ1n) is 5.00. The summed E-state index contributed by atoms with van der Waals surface area (Å²) in [7, 11) is -0.370. The largest absolute Gasteiger partial charge is 0.0715 e. The van der Waals surface area contributed by atoms with Crippen molar-refractivity contribution < 1.29 is 32.7 Å². The van der Waals surface area contributed by atoms with E-state index in [9.17, 15) is 0 Å². The molecule has 14 heavy (non-hydrogen) atoms. The second kappa shape index (κ2) is 14.8. The van der Waals surface area contributed by atoms with Crippen LogP contribution >= 0.6 is 0 Å². The number of hydrogen-bond acceptors (Lipinski definition) is 0. The Bertz CT molecular complexity index is 70.3. The summed E-state index contributed by atoms with van der Waals surface area (Å²) in [4.78, 5) is 0. The second-order valence-electron chi connectivity index (χ2n) is 6.00. The minimum atomic E-state index is -0.611. The van der Waals surface area contributed by atoms with E-state index in [4.69, 9.17) is 0 Å². The standard InChI is InChI=1S/C4H12Si.2C3H9Si.Y/c1-5(2,3)4;2*1-4(2)3;/h1-4H3;2*1-3H3;. The molecular formula is C10H30Si3Y. The van der Waals surface area contributed by atoms with Crippen LogP contribution in [0.5, 0.6) is 0 Å². The van der Waals surface area contributed by atoms with Crippen molar-refractivity contribution in [2.45, 2.75) is 65.5 Å². The molecule has 0 aliphatic heterocycles. The quantitative estimate of drug-likeness (QED) is 0.567. The van der Waals surface area contributed by atoms with Crippen LogP contribution in [0.15, 0.2) is 0 Å². The van der Waals surface area contributed by atoms with Gasteiger partial charge in [0.1, 0.15) is 0 Å². The molecule has 0 aromatic rings. The van der Waals surface area contributed by atoms with Crippen molar-refractivity contribution in [1.82, 2.24) is 0 Å². The summed E-state index contributed by atoms with van der Waals surface area (Å²) in [5.74, 6) is 0. The summed E-state index contributed by atoms with van der Waals surface area (Å²) < 4.78 is 0. The molecule has 0 N–H and O–H groups in total. The molecule has 0 saturated heterocycles. The maximum Gasteiger partial charge on any atom is 0.0411 e. The van der Waals surface area contributed by atoms with Gasteiger partial charge in [-0.1, -0.05) is 65.5 Å². The molecule has 0 nitrogen and oxygen atoms in total. The molecule has 0 unspecified atom stereocenters. The third-order valence-electron chi connectivity index (χ3n) is 0. The van der Waals surface area contributed by atoms with Gasteiger partial charge in [0.05, 0.1) is 0 Å². The normalized spacial score (nSPS) is 9.43. The molecular weight excluding hydrogens is 293 g/mol. The van der Waals surface area contributed by atoms with E-state index in [-0.39, 0.29) is 50.3 Å². The Morgan fingerprint density at radius 3 is 0.571 bits per heavy atom. The average Bonchev–Trinajstić information content (AvgIpc) is 1.50. The predicted molar refractivity (Wildman–Crippen MR) is 75.9 cm³/mol. The van der Waals surface area contributed by atoms with E-state index in [0.29, 0.717) is 0 Å². The Morgan fingerprint density at radius 1 is 0.571 bits per heavy atom. The van der Waals surface area contributed by atoms with E-state index in [1.807, 2.05) is 0 Å². The summed E-state index contributed by atoms with van der Waals surface area (Å²) in [6, 6.07) is 0. The van der Waals surface area contributed by atoms with Gasteiger partial charge < -0.3 is 0 Å². The van der Waals surface area contributed by atoms with Gasteiger partial charge in [0.15, 0.2) is 0 Å². The van der Waals surface area contributed by atoms with Crippen molar-refractivity contribution in [2.75, 3.05) is 0 Å². The van der Waals surface area contributed by atoms with Gasteiger partial charge in [0, 0.05) is 58.4 Å². The molecule has 0 aliphatic rings. The summed E-state index contributed by atoms with van der Waals surface area (Å²) in [6.07, 6.45) is 0. The Kier molecular flexibility index (Phi) is 26.2. The summed E-state index contributed by atoms with van der Waals surface area (Å²) >= 11 is 0. The van der Waals surface area contributed by atoms with E-state index >= 15 is 0 Å². The molecule has 3 radical (unpaired) electrons. The first-order chi connectivity index (χ1) is 5.46. The fourth-order valence-electron chi connectivity index (χ4n) is 0. The number of rotatable bonds is 0. The van der Waals surface area contributed by atoms with Crippen LogP contribution in [0.1, 0.15) is 0 Å². The maximum absolute atomic E-state index is 2.33. The molecule has 0 saturated carbocycles. The van der Waals surface area contributed by atoms with Gasteiger partial charge in [-0.15, -0.1) is 0 Å². The Hall–Kier alpha value is 1.75. The van der Waals surface area contributed by atoms with E-state index in [2.05, 4.69) is 65.5 Å². The zero-order valence-corrected chi connectivity index (χ0v) is 17.9. The molecule has 0 bridgehead atoms. The van der Waals surface area contributed by atoms with Crippen LogP contribution in [-0.4, -0.2) is 25.7 Å². The van der Waals surface area contributed by atoms with Gasteiger partial charge >= 0.3 is 0 Å². The molecule has 4 heteroatoms. The molecule has 0 fully saturated rings. The monoisotopic (exact) mass is 323 g/mol. The molecule has 0 amide bonds. The average molecular weight is 324 g/mol. The minimum absolute atomic E-state index is 0. The van der Waals surface area contributed by atoms with Gasteiger partial charge in [-0.25, -0.2) is 0 Å². The van der Waals surface area contributed by atoms with Crippen molar-refractivity contribution >= 4 is 25.7 Å². The molecule has 0 heterocycles. The Labute approximate surface area is 123 Å². The molecule has 0 rings (SSSR count). The zero-order valence-electron chi connectivity index (χ0n) is 12.1. The van der Waals surface area contributed by atoms with E-state index < -0.39 is 8.07 Å². The second-order valence-corrected chi connectivity index (χ2v) is 18.0. The van der Waals surface area contributed by atoms with Crippen molar-refractivity contribution in [1.29, 1.82) is 0 Å². The molecule has 0 aliphatic carbocycles. The van der Waals surface area contributed by atoms with Gasteiger partial charge in [0.25, 0.3) is 0 Å². The van der Waals surface area contributed by atoms with Gasteiger partial charge in [-0.2, -0.15) is 0 Å². The third-order valence-corrected chi connectivity index (χ3v) is 0. The topological polar surface area (TPSA) is 0 Å². The zero-order chi connectivity index (χ0) is 11.7. The minimum Gasteiger partial charge on any atom is -0.0715 e. The van der Waals surface area contributed by atoms with Crippen LogP contribution in [0.25, 0.3) is 0 Å². The molecule has 0 atom stereocenters. The number of hydrogen-bond donors (Lipinski definition) is 0. The first-order valence-corrected chi connectivity index (χ1v) is 15.0. The van der Waals surface area contributed by atoms with Crippen LogP contribution in [-0.2, 0) is 32.7 Å². The van der Waals surface area contributed by atoms with Gasteiger partial charge in [0.2, 0.25) is 0 Å². The van der Waals surface area contributed by atoms with E-state index in [0.717, 1.165) is 0 Å². The van der Waals surface area contributed by atoms with Crippen LogP contribution in [0, 0.1) is 0 Å². The van der Waals surface area contributed by atoms with Crippen molar-refractivity contribution in [3.63, 3.8) is 0 Å². The Morgan fingerprint density at radius 2 is 0.571 bits per heavy atom. The van der Waals surface area contributed by atoms with Gasteiger partial charge in [-0.3, -0.25) is 0 Å². The van der Waals surface area contributed by atoms with E-state index in [1.165, 1.54) is 0 Å². The summed E-state index contributed by atoms with van der Waals surface area (Å²) in [5, 5.41) is 0. The fourth-order valence-corrected chi connectivity index (χ4v) is 0. The smallest absolute Gasteiger partial charge is 0.0411 e. The first kappa shape index (κ1) is 24.8. The third kappa shape index (κ3) is 727. The van der Waals surface area contributed by atoms with Crippen LogP contribution in [0.4, 0.5) is 0 Å². The van der Waals surface area contributed by atoms with Crippen molar-refractivity contribution in [3.05, 3.63) is 0 Å². The molecule has 85 valence electrons.